The van der Waals surface area contributed by atoms with Gasteiger partial charge in [-0.3, -0.25) is 4.79 Å². The van der Waals surface area contributed by atoms with Crippen LogP contribution in [0.1, 0.15) is 39.9 Å². The molecule has 1 aliphatic rings. The zero-order valence-electron chi connectivity index (χ0n) is 15.9. The molecule has 2 atom stereocenters. The molecule has 0 spiro atoms. The molecular formula is C21H21F4NO4. The van der Waals surface area contributed by atoms with Crippen molar-refractivity contribution in [3.05, 3.63) is 70.5 Å². The van der Waals surface area contributed by atoms with Crippen LogP contribution in [0.5, 0.6) is 0 Å². The van der Waals surface area contributed by atoms with Gasteiger partial charge in [0.15, 0.2) is 6.29 Å². The maximum atomic E-state index is 13.9. The number of ether oxygens (including phenoxy) is 2. The van der Waals surface area contributed by atoms with Crippen LogP contribution in [0.2, 0.25) is 0 Å². The van der Waals surface area contributed by atoms with Crippen LogP contribution in [-0.2, 0) is 28.8 Å². The summed E-state index contributed by atoms with van der Waals surface area (Å²) in [6, 6.07) is 8.75. The Kier molecular flexibility index (Phi) is 7.06. The van der Waals surface area contributed by atoms with Crippen LogP contribution in [0.15, 0.2) is 42.5 Å². The maximum Gasteiger partial charge on any atom is 0.416 e. The van der Waals surface area contributed by atoms with Crippen LogP contribution in [0, 0.1) is 5.82 Å². The molecule has 1 amide bonds. The van der Waals surface area contributed by atoms with Gasteiger partial charge in [0.2, 0.25) is 0 Å². The molecule has 30 heavy (non-hydrogen) atoms. The largest absolute Gasteiger partial charge is 0.416 e. The number of benzene rings is 2. The fourth-order valence-corrected chi connectivity index (χ4v) is 3.10. The number of halogens is 4. The van der Waals surface area contributed by atoms with E-state index in [2.05, 4.69) is 5.32 Å². The average Bonchev–Trinajstić information content (AvgIpc) is 3.25. The summed E-state index contributed by atoms with van der Waals surface area (Å²) in [6.07, 6.45) is -4.45. The van der Waals surface area contributed by atoms with Gasteiger partial charge in [0.05, 0.1) is 17.7 Å². The summed E-state index contributed by atoms with van der Waals surface area (Å²) in [5, 5.41) is 12.4. The molecule has 2 unspecified atom stereocenters. The van der Waals surface area contributed by atoms with Gasteiger partial charge in [-0.05, 0) is 42.2 Å². The van der Waals surface area contributed by atoms with Crippen molar-refractivity contribution >= 4 is 5.91 Å². The van der Waals surface area contributed by atoms with Gasteiger partial charge in [-0.15, -0.1) is 0 Å². The van der Waals surface area contributed by atoms with E-state index in [1.807, 2.05) is 0 Å². The van der Waals surface area contributed by atoms with Gasteiger partial charge < -0.3 is 19.9 Å². The normalized spacial score (nSPS) is 17.7. The first kappa shape index (κ1) is 22.2. The molecule has 2 aromatic rings. The van der Waals surface area contributed by atoms with E-state index >= 15 is 0 Å². The van der Waals surface area contributed by atoms with Crippen LogP contribution in [0.3, 0.4) is 0 Å². The first-order valence-corrected chi connectivity index (χ1v) is 9.38. The SMILES string of the molecule is O=C(NCc1cccc(COC(O)C2CCCO2)c1)c1ccc(C(F)(F)F)cc1F. The Bertz CT molecular complexity index is 882. The number of aliphatic hydroxyl groups is 1. The highest BCUT2D eigenvalue weighted by Gasteiger charge is 2.31. The highest BCUT2D eigenvalue weighted by Crippen LogP contribution is 2.30. The lowest BCUT2D eigenvalue weighted by Gasteiger charge is -2.18. The molecule has 0 bridgehead atoms. The van der Waals surface area contributed by atoms with E-state index in [0.29, 0.717) is 24.3 Å². The van der Waals surface area contributed by atoms with E-state index in [9.17, 15) is 27.5 Å². The van der Waals surface area contributed by atoms with Crippen LogP contribution in [0.4, 0.5) is 17.6 Å². The molecule has 2 N–H and O–H groups in total. The Balaban J connectivity index is 1.55. The quantitative estimate of drug-likeness (QED) is 0.521. The van der Waals surface area contributed by atoms with E-state index in [1.54, 1.807) is 24.3 Å². The number of nitrogens with one attached hydrogen (secondary N) is 1. The molecule has 2 aromatic carbocycles. The monoisotopic (exact) mass is 427 g/mol. The Hall–Kier alpha value is -2.49. The van der Waals surface area contributed by atoms with Crippen molar-refractivity contribution in [2.24, 2.45) is 0 Å². The van der Waals surface area contributed by atoms with E-state index in [4.69, 9.17) is 9.47 Å². The van der Waals surface area contributed by atoms with E-state index < -0.39 is 35.3 Å². The third-order valence-electron chi connectivity index (χ3n) is 4.69. The highest BCUT2D eigenvalue weighted by molar-refractivity contribution is 5.94. The molecule has 9 heteroatoms. The average molecular weight is 427 g/mol. The number of rotatable bonds is 7. The van der Waals surface area contributed by atoms with Crippen molar-refractivity contribution < 1.29 is 36.9 Å². The summed E-state index contributed by atoms with van der Waals surface area (Å²) in [4.78, 5) is 12.1. The highest BCUT2D eigenvalue weighted by atomic mass is 19.4. The Morgan fingerprint density at radius 2 is 2.00 bits per heavy atom. The molecule has 1 saturated heterocycles. The smallest absolute Gasteiger partial charge is 0.373 e. The number of carbonyl (C=O) groups is 1. The third kappa shape index (κ3) is 5.78. The summed E-state index contributed by atoms with van der Waals surface area (Å²) in [7, 11) is 0. The second kappa shape index (κ2) is 9.55. The topological polar surface area (TPSA) is 67.8 Å². The lowest BCUT2D eigenvalue weighted by Crippen LogP contribution is -2.27. The van der Waals surface area contributed by atoms with Gasteiger partial charge in [0, 0.05) is 13.2 Å². The van der Waals surface area contributed by atoms with Crippen molar-refractivity contribution in [2.45, 2.75) is 44.6 Å². The predicted octanol–water partition coefficient (Wildman–Crippen LogP) is 3.79. The molecule has 5 nitrogen and oxygen atoms in total. The standard InChI is InChI=1S/C21H21F4NO4/c22-17-10-15(21(23,24)25)6-7-16(17)19(27)26-11-13-3-1-4-14(9-13)12-30-20(28)18-5-2-8-29-18/h1,3-4,6-7,9-10,18,20,28H,2,5,8,11-12H2,(H,26,27). The molecule has 0 aromatic heterocycles. The van der Waals surface area contributed by atoms with Gasteiger partial charge in [-0.25, -0.2) is 4.39 Å². The van der Waals surface area contributed by atoms with Gasteiger partial charge in [-0.2, -0.15) is 13.2 Å². The Labute approximate surface area is 170 Å². The summed E-state index contributed by atoms with van der Waals surface area (Å²) in [5.74, 6) is -2.07. The number of hydrogen-bond donors (Lipinski definition) is 2. The zero-order valence-corrected chi connectivity index (χ0v) is 15.9. The molecule has 1 aliphatic heterocycles. The van der Waals surface area contributed by atoms with Gasteiger partial charge in [0.1, 0.15) is 11.9 Å². The second-order valence-electron chi connectivity index (χ2n) is 6.95. The van der Waals surface area contributed by atoms with Gasteiger partial charge in [0.25, 0.3) is 5.91 Å². The fraction of sp³-hybridized carbons (Fsp3) is 0.381. The van der Waals surface area contributed by atoms with E-state index in [-0.39, 0.29) is 19.3 Å². The number of hydrogen-bond acceptors (Lipinski definition) is 4. The summed E-state index contributed by atoms with van der Waals surface area (Å²) in [6.45, 7) is 0.775. The third-order valence-corrected chi connectivity index (χ3v) is 4.69. The van der Waals surface area contributed by atoms with Crippen molar-refractivity contribution in [1.29, 1.82) is 0 Å². The lowest BCUT2D eigenvalue weighted by atomic mass is 10.1. The minimum atomic E-state index is -4.68. The molecule has 0 saturated carbocycles. The maximum absolute atomic E-state index is 13.9. The summed E-state index contributed by atoms with van der Waals surface area (Å²) >= 11 is 0. The first-order valence-electron chi connectivity index (χ1n) is 9.38. The number of amides is 1. The van der Waals surface area contributed by atoms with Crippen molar-refractivity contribution in [2.75, 3.05) is 6.61 Å². The molecule has 0 aliphatic carbocycles. The van der Waals surface area contributed by atoms with Crippen LogP contribution in [-0.4, -0.2) is 30.0 Å². The van der Waals surface area contributed by atoms with E-state index in [0.717, 1.165) is 24.5 Å². The summed E-state index contributed by atoms with van der Waals surface area (Å²) < 4.78 is 62.5. The van der Waals surface area contributed by atoms with Crippen molar-refractivity contribution in [3.8, 4) is 0 Å². The fourth-order valence-electron chi connectivity index (χ4n) is 3.10. The number of alkyl halides is 3. The molecule has 162 valence electrons. The molecule has 0 radical (unpaired) electrons. The Morgan fingerprint density at radius 1 is 1.23 bits per heavy atom. The molecule has 3 rings (SSSR count). The first-order chi connectivity index (χ1) is 14.2. The van der Waals surface area contributed by atoms with Crippen LogP contribution < -0.4 is 5.32 Å². The zero-order chi connectivity index (χ0) is 21.7. The molecule has 1 heterocycles. The summed E-state index contributed by atoms with van der Waals surface area (Å²) in [5.41, 5.74) is -0.195. The van der Waals surface area contributed by atoms with E-state index in [1.165, 1.54) is 0 Å². The minimum absolute atomic E-state index is 0.0431. The van der Waals surface area contributed by atoms with Crippen LogP contribution in [0.25, 0.3) is 0 Å². The minimum Gasteiger partial charge on any atom is -0.373 e. The lowest BCUT2D eigenvalue weighted by molar-refractivity contribution is -0.171. The van der Waals surface area contributed by atoms with Crippen molar-refractivity contribution in [3.63, 3.8) is 0 Å². The van der Waals surface area contributed by atoms with Crippen molar-refractivity contribution in [1.82, 2.24) is 5.32 Å². The number of carbonyl (C=O) groups excluding carboxylic acids is 1. The Morgan fingerprint density at radius 3 is 2.67 bits per heavy atom. The predicted molar refractivity (Wildman–Crippen MR) is 98.8 cm³/mol. The van der Waals surface area contributed by atoms with Crippen LogP contribution >= 0.6 is 0 Å². The van der Waals surface area contributed by atoms with Gasteiger partial charge in [-0.1, -0.05) is 24.3 Å². The van der Waals surface area contributed by atoms with Gasteiger partial charge >= 0.3 is 6.18 Å². The molecule has 1 fully saturated rings. The molecular weight excluding hydrogens is 406 g/mol. The number of aliphatic hydroxyl groups excluding tert-OH is 1. The second-order valence-corrected chi connectivity index (χ2v) is 6.95.